The van der Waals surface area contributed by atoms with Gasteiger partial charge in [-0.1, -0.05) is 54.6 Å². The summed E-state index contributed by atoms with van der Waals surface area (Å²) in [6, 6.07) is 23.0. The maximum absolute atomic E-state index is 13.1. The van der Waals surface area contributed by atoms with Crippen molar-refractivity contribution in [2.24, 2.45) is 5.92 Å². The third-order valence-corrected chi connectivity index (χ3v) is 7.33. The summed E-state index contributed by atoms with van der Waals surface area (Å²) in [5.41, 5.74) is 2.10. The molecule has 0 spiro atoms. The van der Waals surface area contributed by atoms with Crippen molar-refractivity contribution < 1.29 is 27.9 Å². The Labute approximate surface area is 242 Å². The maximum Gasteiger partial charge on any atom is 0.490 e. The number of carboxylic acids is 1. The lowest BCUT2D eigenvalue weighted by Gasteiger charge is -2.29. The van der Waals surface area contributed by atoms with Crippen LogP contribution in [0.15, 0.2) is 66.7 Å². The van der Waals surface area contributed by atoms with Crippen LogP contribution in [0, 0.1) is 5.92 Å². The number of aliphatic carboxylic acids is 1. The van der Waals surface area contributed by atoms with Gasteiger partial charge in [-0.2, -0.15) is 18.2 Å². The minimum atomic E-state index is -5.08. The van der Waals surface area contributed by atoms with E-state index in [1.807, 2.05) is 43.3 Å². The number of carbonyl (C=O) groups excluding carboxylic acids is 1. The van der Waals surface area contributed by atoms with Crippen LogP contribution >= 0.6 is 0 Å². The molecule has 0 unspecified atom stereocenters. The number of hydrogen-bond acceptors (Lipinski definition) is 6. The summed E-state index contributed by atoms with van der Waals surface area (Å²) in [4.78, 5) is 33.5. The number of nitrogens with zero attached hydrogens (tertiary/aromatic N) is 3. The van der Waals surface area contributed by atoms with Gasteiger partial charge in [-0.25, -0.2) is 9.78 Å². The largest absolute Gasteiger partial charge is 0.490 e. The van der Waals surface area contributed by atoms with Crippen LogP contribution in [0.2, 0.25) is 0 Å². The Morgan fingerprint density at radius 2 is 1.50 bits per heavy atom. The number of nitrogens with one attached hydrogen (secondary N) is 2. The number of halogens is 3. The van der Waals surface area contributed by atoms with E-state index in [1.54, 1.807) is 0 Å². The lowest BCUT2D eigenvalue weighted by molar-refractivity contribution is -0.192. The molecule has 1 aromatic heterocycles. The highest BCUT2D eigenvalue weighted by atomic mass is 19.4. The second-order valence-electron chi connectivity index (χ2n) is 10.6. The summed E-state index contributed by atoms with van der Waals surface area (Å²) < 4.78 is 31.7. The van der Waals surface area contributed by atoms with Crippen molar-refractivity contribution in [1.29, 1.82) is 0 Å². The fraction of sp³-hybridized carbons (Fsp3) is 0.355. The van der Waals surface area contributed by atoms with E-state index < -0.39 is 12.1 Å². The first-order valence-electron chi connectivity index (χ1n) is 13.7. The van der Waals surface area contributed by atoms with Gasteiger partial charge in [0.1, 0.15) is 5.82 Å². The van der Waals surface area contributed by atoms with Crippen molar-refractivity contribution in [3.8, 4) is 0 Å². The Kier molecular flexibility index (Phi) is 9.49. The Morgan fingerprint density at radius 3 is 2.14 bits per heavy atom. The molecule has 1 amide bonds. The molecule has 8 nitrogen and oxygen atoms in total. The van der Waals surface area contributed by atoms with Crippen LogP contribution in [-0.4, -0.2) is 53.3 Å². The standard InChI is InChI=1S/C29H33N5O.C2HF3O2/c1-19(23-13-8-10-20-9-4-5-11-24(20)23)30-28(35)21-15-17-22(18-16-21)31-29-32-26-14-7-6-12-25(26)27(33-29)34(2)3;3-2(4,5)1(6)7/h4-14,19,21-22H,15-18H2,1-3H3,(H,30,35)(H,31,32,33);(H,6,7)/t19-,21-,22+;/m1./s1. The zero-order valence-corrected chi connectivity index (χ0v) is 23.7. The number of anilines is 2. The minimum Gasteiger partial charge on any atom is -0.475 e. The number of carbonyl (C=O) groups is 2. The second kappa shape index (κ2) is 13.1. The Hall–Kier alpha value is -4.41. The highest BCUT2D eigenvalue weighted by molar-refractivity contribution is 5.90. The number of alkyl halides is 3. The van der Waals surface area contributed by atoms with Crippen molar-refractivity contribution >= 4 is 45.3 Å². The first-order chi connectivity index (χ1) is 19.9. The number of benzene rings is 3. The van der Waals surface area contributed by atoms with E-state index in [9.17, 15) is 18.0 Å². The minimum absolute atomic E-state index is 0.0279. The molecule has 1 atom stereocenters. The highest BCUT2D eigenvalue weighted by Gasteiger charge is 2.38. The molecular weight excluding hydrogens is 547 g/mol. The number of para-hydroxylation sites is 1. The van der Waals surface area contributed by atoms with Crippen LogP contribution in [-0.2, 0) is 9.59 Å². The molecule has 11 heteroatoms. The normalized spacial score (nSPS) is 17.6. The van der Waals surface area contributed by atoms with Crippen LogP contribution in [0.4, 0.5) is 24.9 Å². The summed E-state index contributed by atoms with van der Waals surface area (Å²) >= 11 is 0. The molecule has 222 valence electrons. The van der Waals surface area contributed by atoms with Crippen molar-refractivity contribution in [1.82, 2.24) is 15.3 Å². The smallest absolute Gasteiger partial charge is 0.475 e. The van der Waals surface area contributed by atoms with Crippen LogP contribution in [0.3, 0.4) is 0 Å². The Morgan fingerprint density at radius 1 is 0.905 bits per heavy atom. The monoisotopic (exact) mass is 581 g/mol. The van der Waals surface area contributed by atoms with Crippen molar-refractivity contribution in [3.05, 3.63) is 72.3 Å². The topological polar surface area (TPSA) is 107 Å². The second-order valence-corrected chi connectivity index (χ2v) is 10.6. The van der Waals surface area contributed by atoms with E-state index in [2.05, 4.69) is 60.0 Å². The molecule has 1 heterocycles. The first kappa shape index (κ1) is 30.5. The average molecular weight is 582 g/mol. The molecule has 3 aromatic carbocycles. The average Bonchev–Trinajstić information content (AvgIpc) is 2.96. The fourth-order valence-corrected chi connectivity index (χ4v) is 5.18. The van der Waals surface area contributed by atoms with Gasteiger partial charge >= 0.3 is 12.1 Å². The molecule has 0 bridgehead atoms. The number of rotatable bonds is 6. The number of hydrogen-bond donors (Lipinski definition) is 3. The molecular formula is C31H34F3N5O3. The van der Waals surface area contributed by atoms with E-state index in [0.717, 1.165) is 48.0 Å². The van der Waals surface area contributed by atoms with E-state index in [4.69, 9.17) is 19.9 Å². The molecule has 1 fully saturated rings. The molecule has 1 saturated carbocycles. The molecule has 42 heavy (non-hydrogen) atoms. The number of carboxylic acid groups (broad SMARTS) is 1. The highest BCUT2D eigenvalue weighted by Crippen LogP contribution is 2.30. The Balaban J connectivity index is 0.000000517. The molecule has 1 aliphatic rings. The van der Waals surface area contributed by atoms with Crippen molar-refractivity contribution in [3.63, 3.8) is 0 Å². The van der Waals surface area contributed by atoms with Crippen LogP contribution in [0.25, 0.3) is 21.7 Å². The van der Waals surface area contributed by atoms with Crippen molar-refractivity contribution in [2.45, 2.75) is 50.9 Å². The quantitative estimate of drug-likeness (QED) is 0.244. The fourth-order valence-electron chi connectivity index (χ4n) is 5.18. The zero-order chi connectivity index (χ0) is 30.4. The first-order valence-corrected chi connectivity index (χ1v) is 13.7. The summed E-state index contributed by atoms with van der Waals surface area (Å²) in [7, 11) is 4.00. The van der Waals surface area contributed by atoms with Gasteiger partial charge in [0.05, 0.1) is 11.6 Å². The third kappa shape index (κ3) is 7.45. The van der Waals surface area contributed by atoms with Gasteiger partial charge in [-0.3, -0.25) is 4.79 Å². The predicted molar refractivity (Wildman–Crippen MR) is 157 cm³/mol. The van der Waals surface area contributed by atoms with Crippen LogP contribution in [0.5, 0.6) is 0 Å². The number of fused-ring (bicyclic) bond motifs is 2. The van der Waals surface area contributed by atoms with Gasteiger partial charge in [-0.15, -0.1) is 0 Å². The van der Waals surface area contributed by atoms with Gasteiger partial charge < -0.3 is 20.6 Å². The summed E-state index contributed by atoms with van der Waals surface area (Å²) in [6.45, 7) is 2.08. The SMILES string of the molecule is C[C@@H](NC(=O)[C@H]1CC[C@@H](Nc2nc(N(C)C)c3ccccc3n2)CC1)c1cccc2ccccc12.O=C(O)C(F)(F)F. The maximum atomic E-state index is 13.1. The lowest BCUT2D eigenvalue weighted by atomic mass is 9.85. The van der Waals surface area contributed by atoms with E-state index in [1.165, 1.54) is 10.8 Å². The molecule has 0 saturated heterocycles. The van der Waals surface area contributed by atoms with Crippen LogP contribution < -0.4 is 15.5 Å². The Bertz CT molecular complexity index is 1550. The number of aromatic nitrogens is 2. The van der Waals surface area contributed by atoms with Gasteiger partial charge in [0.25, 0.3) is 0 Å². The molecule has 5 rings (SSSR count). The predicted octanol–water partition coefficient (Wildman–Crippen LogP) is 6.33. The van der Waals surface area contributed by atoms with Gasteiger partial charge in [0.15, 0.2) is 0 Å². The van der Waals surface area contributed by atoms with Gasteiger partial charge in [-0.05, 0) is 61.1 Å². The van der Waals surface area contributed by atoms with E-state index in [0.29, 0.717) is 5.95 Å². The van der Waals surface area contributed by atoms with E-state index in [-0.39, 0.29) is 23.9 Å². The van der Waals surface area contributed by atoms with Gasteiger partial charge in [0, 0.05) is 31.4 Å². The zero-order valence-electron chi connectivity index (χ0n) is 23.7. The van der Waals surface area contributed by atoms with Crippen molar-refractivity contribution in [2.75, 3.05) is 24.3 Å². The van der Waals surface area contributed by atoms with Crippen LogP contribution in [0.1, 0.15) is 44.2 Å². The van der Waals surface area contributed by atoms with Gasteiger partial charge in [0.2, 0.25) is 11.9 Å². The summed E-state index contributed by atoms with van der Waals surface area (Å²) in [5.74, 6) is -0.993. The molecule has 0 aliphatic heterocycles. The molecule has 4 aromatic rings. The number of amides is 1. The molecule has 3 N–H and O–H groups in total. The third-order valence-electron chi connectivity index (χ3n) is 7.33. The summed E-state index contributed by atoms with van der Waals surface area (Å²) in [6.07, 6.45) is -1.51. The lowest BCUT2D eigenvalue weighted by Crippen LogP contribution is -2.37. The molecule has 0 radical (unpaired) electrons. The van der Waals surface area contributed by atoms with E-state index >= 15 is 0 Å². The summed E-state index contributed by atoms with van der Waals surface area (Å²) in [5, 5.41) is 17.4. The molecule has 1 aliphatic carbocycles.